The number of hydrogen-bond donors (Lipinski definition) is 2. The smallest absolute Gasteiger partial charge is 0.250 e. The van der Waals surface area contributed by atoms with E-state index in [9.17, 15) is 8.42 Å². The molecule has 31 heavy (non-hydrogen) atoms. The van der Waals surface area contributed by atoms with E-state index in [1.807, 2.05) is 0 Å². The van der Waals surface area contributed by atoms with Crippen molar-refractivity contribution in [1.82, 2.24) is 20.3 Å². The Kier molecular flexibility index (Phi) is 6.55. The SMILES string of the molecule is CC1(C)CC(Nc2nc(-c3ccc(S(C)(=O)=O)cc3)nc(C(Cl)(Cl)Cl)n2)CC(C)(C)N1. The molecule has 2 aromatic rings. The summed E-state index contributed by atoms with van der Waals surface area (Å²) in [6, 6.07) is 6.32. The molecule has 0 bridgehead atoms. The number of benzene rings is 1. The van der Waals surface area contributed by atoms with Crippen LogP contribution in [0.1, 0.15) is 46.4 Å². The molecule has 0 saturated carbocycles. The van der Waals surface area contributed by atoms with Crippen LogP contribution in [0.3, 0.4) is 0 Å². The van der Waals surface area contributed by atoms with Crippen LogP contribution in [-0.4, -0.2) is 46.7 Å². The van der Waals surface area contributed by atoms with Gasteiger partial charge in [0.15, 0.2) is 21.5 Å². The van der Waals surface area contributed by atoms with Crippen molar-refractivity contribution in [3.8, 4) is 11.4 Å². The number of sulfone groups is 1. The number of nitrogens with zero attached hydrogens (tertiary/aromatic N) is 3. The zero-order valence-electron chi connectivity index (χ0n) is 18.0. The first-order valence-electron chi connectivity index (χ1n) is 9.74. The molecule has 1 aromatic carbocycles. The second-order valence-corrected chi connectivity index (χ2v) is 13.5. The van der Waals surface area contributed by atoms with Crippen LogP contribution in [0.2, 0.25) is 0 Å². The van der Waals surface area contributed by atoms with Crippen molar-refractivity contribution in [3.63, 3.8) is 0 Å². The van der Waals surface area contributed by atoms with Gasteiger partial charge in [0, 0.05) is 28.9 Å². The lowest BCUT2D eigenvalue weighted by atomic mass is 9.80. The highest BCUT2D eigenvalue weighted by Gasteiger charge is 2.38. The maximum absolute atomic E-state index is 11.7. The van der Waals surface area contributed by atoms with Gasteiger partial charge in [-0.1, -0.05) is 34.8 Å². The molecule has 0 unspecified atom stereocenters. The summed E-state index contributed by atoms with van der Waals surface area (Å²) in [6.45, 7) is 8.60. The molecule has 1 fully saturated rings. The van der Waals surface area contributed by atoms with Gasteiger partial charge in [0.2, 0.25) is 9.74 Å². The molecule has 0 radical (unpaired) electrons. The lowest BCUT2D eigenvalue weighted by molar-refractivity contribution is 0.170. The van der Waals surface area contributed by atoms with E-state index in [0.717, 1.165) is 19.1 Å². The second kappa shape index (κ2) is 8.30. The second-order valence-electron chi connectivity index (χ2n) is 9.24. The molecule has 170 valence electrons. The van der Waals surface area contributed by atoms with Crippen molar-refractivity contribution in [1.29, 1.82) is 0 Å². The highest BCUT2D eigenvalue weighted by molar-refractivity contribution is 7.90. The molecule has 0 amide bonds. The van der Waals surface area contributed by atoms with E-state index < -0.39 is 13.6 Å². The van der Waals surface area contributed by atoms with Crippen LogP contribution in [0.25, 0.3) is 11.4 Å². The van der Waals surface area contributed by atoms with Gasteiger partial charge in [-0.25, -0.2) is 13.4 Å². The maximum Gasteiger partial charge on any atom is 0.250 e. The van der Waals surface area contributed by atoms with Gasteiger partial charge in [0.1, 0.15) is 0 Å². The van der Waals surface area contributed by atoms with Gasteiger partial charge in [-0.2, -0.15) is 9.97 Å². The Morgan fingerprint density at radius 3 is 2.03 bits per heavy atom. The minimum atomic E-state index is -3.32. The first-order valence-corrected chi connectivity index (χ1v) is 12.8. The number of aromatic nitrogens is 3. The summed E-state index contributed by atoms with van der Waals surface area (Å²) in [5.74, 6) is 0.577. The van der Waals surface area contributed by atoms with Gasteiger partial charge < -0.3 is 10.6 Å². The van der Waals surface area contributed by atoms with Crippen LogP contribution >= 0.6 is 34.8 Å². The fourth-order valence-electron chi connectivity index (χ4n) is 4.15. The number of piperidine rings is 1. The van der Waals surface area contributed by atoms with E-state index in [4.69, 9.17) is 34.8 Å². The van der Waals surface area contributed by atoms with Crippen LogP contribution in [0, 0.1) is 0 Å². The number of alkyl halides is 3. The number of nitrogens with one attached hydrogen (secondary N) is 2. The maximum atomic E-state index is 11.7. The highest BCUT2D eigenvalue weighted by atomic mass is 35.6. The molecule has 2 heterocycles. The molecule has 0 spiro atoms. The van der Waals surface area contributed by atoms with Crippen LogP contribution in [0.5, 0.6) is 0 Å². The van der Waals surface area contributed by atoms with Crippen LogP contribution in [-0.2, 0) is 13.6 Å². The standard InChI is InChI=1S/C20H26Cl3N5O2S/c1-18(2)10-13(11-19(3,4)28-18)24-17-26-15(25-16(27-17)20(21,22)23)12-6-8-14(9-7-12)31(5,29)30/h6-9,13,28H,10-11H2,1-5H3,(H,24,25,26,27). The third kappa shape index (κ3) is 6.42. The first kappa shape index (κ1) is 24.5. The van der Waals surface area contributed by atoms with E-state index in [0.29, 0.717) is 11.5 Å². The number of rotatable bonds is 4. The van der Waals surface area contributed by atoms with Gasteiger partial charge in [-0.3, -0.25) is 0 Å². The molecule has 1 aliphatic rings. The number of hydrogen-bond acceptors (Lipinski definition) is 7. The summed E-state index contributed by atoms with van der Waals surface area (Å²) >= 11 is 18.2. The van der Waals surface area contributed by atoms with Gasteiger partial charge >= 0.3 is 0 Å². The molecule has 1 aromatic heterocycles. The Morgan fingerprint density at radius 1 is 1.00 bits per heavy atom. The summed E-state index contributed by atoms with van der Waals surface area (Å²) in [5.41, 5.74) is 0.433. The van der Waals surface area contributed by atoms with E-state index >= 15 is 0 Å². The Labute approximate surface area is 198 Å². The lowest BCUT2D eigenvalue weighted by Crippen LogP contribution is -2.60. The molecule has 2 N–H and O–H groups in total. The molecule has 0 aliphatic carbocycles. The lowest BCUT2D eigenvalue weighted by Gasteiger charge is -2.46. The molecule has 0 atom stereocenters. The van der Waals surface area contributed by atoms with Crippen LogP contribution in [0.4, 0.5) is 5.95 Å². The average molecular weight is 507 g/mol. The quantitative estimate of drug-likeness (QED) is 0.590. The summed E-state index contributed by atoms with van der Waals surface area (Å²) in [7, 11) is -3.32. The normalized spacial score (nSPS) is 19.2. The fraction of sp³-hybridized carbons (Fsp3) is 0.550. The monoisotopic (exact) mass is 505 g/mol. The van der Waals surface area contributed by atoms with Crippen LogP contribution in [0.15, 0.2) is 29.2 Å². The van der Waals surface area contributed by atoms with Gasteiger partial charge in [0.25, 0.3) is 0 Å². The molecule has 7 nitrogen and oxygen atoms in total. The van der Waals surface area contributed by atoms with E-state index in [1.54, 1.807) is 12.1 Å². The third-order valence-electron chi connectivity index (χ3n) is 4.95. The Bertz CT molecular complexity index is 1050. The zero-order valence-corrected chi connectivity index (χ0v) is 21.1. The molecule has 1 aliphatic heterocycles. The molecule has 11 heteroatoms. The van der Waals surface area contributed by atoms with Gasteiger partial charge in [0.05, 0.1) is 4.90 Å². The van der Waals surface area contributed by atoms with E-state index in [1.165, 1.54) is 12.1 Å². The first-order chi connectivity index (χ1) is 14.0. The number of anilines is 1. The van der Waals surface area contributed by atoms with E-state index in [-0.39, 0.29) is 33.7 Å². The van der Waals surface area contributed by atoms with Crippen molar-refractivity contribution < 1.29 is 8.42 Å². The average Bonchev–Trinajstić information content (AvgIpc) is 2.57. The third-order valence-corrected chi connectivity index (χ3v) is 6.59. The Balaban J connectivity index is 1.98. The summed E-state index contributed by atoms with van der Waals surface area (Å²) in [5, 5.41) is 7.01. The van der Waals surface area contributed by atoms with Gasteiger partial charge in [-0.15, -0.1) is 0 Å². The summed E-state index contributed by atoms with van der Waals surface area (Å²) < 4.78 is 21.6. The van der Waals surface area contributed by atoms with Gasteiger partial charge in [-0.05, 0) is 64.8 Å². The fourth-order valence-corrected chi connectivity index (χ4v) is 5.04. The van der Waals surface area contributed by atoms with Crippen molar-refractivity contribution in [3.05, 3.63) is 30.1 Å². The predicted octanol–water partition coefficient (Wildman–Crippen LogP) is 4.49. The summed E-state index contributed by atoms with van der Waals surface area (Å²) in [6.07, 6.45) is 2.85. The molecule has 1 saturated heterocycles. The molecular formula is C20H26Cl3N5O2S. The van der Waals surface area contributed by atoms with Crippen molar-refractivity contribution in [2.75, 3.05) is 11.6 Å². The van der Waals surface area contributed by atoms with Crippen LogP contribution < -0.4 is 10.6 Å². The zero-order chi connectivity index (χ0) is 23.2. The molecular weight excluding hydrogens is 481 g/mol. The minimum Gasteiger partial charge on any atom is -0.351 e. The predicted molar refractivity (Wildman–Crippen MR) is 126 cm³/mol. The highest BCUT2D eigenvalue weighted by Crippen LogP contribution is 2.37. The van der Waals surface area contributed by atoms with Crippen molar-refractivity contribution >= 4 is 50.6 Å². The van der Waals surface area contributed by atoms with Crippen molar-refractivity contribution in [2.45, 2.75) is 66.3 Å². The Hall–Kier alpha value is -1.19. The topological polar surface area (TPSA) is 96.9 Å². The molecule has 3 rings (SSSR count). The van der Waals surface area contributed by atoms with E-state index in [2.05, 4.69) is 53.3 Å². The minimum absolute atomic E-state index is 0.00959. The Morgan fingerprint density at radius 2 is 1.55 bits per heavy atom. The van der Waals surface area contributed by atoms with Crippen molar-refractivity contribution in [2.24, 2.45) is 0 Å². The summed E-state index contributed by atoms with van der Waals surface area (Å²) in [4.78, 5) is 13.3. The number of halogens is 3. The largest absolute Gasteiger partial charge is 0.351 e.